The highest BCUT2D eigenvalue weighted by molar-refractivity contribution is 5.22. The molecule has 0 bridgehead atoms. The maximum atomic E-state index is 5.88. The molecule has 3 unspecified atom stereocenters. The smallest absolute Gasteiger partial charge is 0.0623 e. The third-order valence-corrected chi connectivity index (χ3v) is 4.70. The van der Waals surface area contributed by atoms with Gasteiger partial charge in [0.25, 0.3) is 0 Å². The van der Waals surface area contributed by atoms with Gasteiger partial charge in [0, 0.05) is 19.1 Å². The molecule has 1 aromatic carbocycles. The summed E-state index contributed by atoms with van der Waals surface area (Å²) in [5, 5.41) is 0. The third kappa shape index (κ3) is 5.42. The topological polar surface area (TPSA) is 47.3 Å². The predicted octanol–water partition coefficient (Wildman–Crippen LogP) is 3.85. The minimum atomic E-state index is -0.105. The van der Waals surface area contributed by atoms with Gasteiger partial charge in [-0.2, -0.15) is 0 Å². The Morgan fingerprint density at radius 3 is 2.33 bits per heavy atom. The number of hydrazine groups is 1. The van der Waals surface area contributed by atoms with Gasteiger partial charge < -0.3 is 4.74 Å². The maximum absolute atomic E-state index is 5.88. The minimum absolute atomic E-state index is 0.105. The van der Waals surface area contributed by atoms with Crippen molar-refractivity contribution in [3.8, 4) is 0 Å². The van der Waals surface area contributed by atoms with Crippen LogP contribution in [0.25, 0.3) is 0 Å². The number of ether oxygens (including phenoxy) is 1. The van der Waals surface area contributed by atoms with E-state index < -0.39 is 0 Å². The quantitative estimate of drug-likeness (QED) is 0.537. The van der Waals surface area contributed by atoms with Crippen molar-refractivity contribution in [2.45, 2.75) is 64.5 Å². The Hall–Kier alpha value is -0.900. The van der Waals surface area contributed by atoms with Crippen LogP contribution in [0.4, 0.5) is 0 Å². The molecule has 0 aliphatic heterocycles. The summed E-state index contributed by atoms with van der Waals surface area (Å²) in [6, 6.07) is 11.0. The van der Waals surface area contributed by atoms with E-state index in [-0.39, 0.29) is 11.6 Å². The monoisotopic (exact) mass is 292 g/mol. The van der Waals surface area contributed by atoms with Gasteiger partial charge in [0.2, 0.25) is 0 Å². The summed E-state index contributed by atoms with van der Waals surface area (Å²) in [6.07, 6.45) is 3.13. The fraction of sp³-hybridized carbons (Fsp3) is 0.667. The number of nitrogens with one attached hydrogen (secondary N) is 1. The van der Waals surface area contributed by atoms with E-state index in [1.54, 1.807) is 7.11 Å². The van der Waals surface area contributed by atoms with E-state index in [0.717, 1.165) is 19.3 Å². The lowest BCUT2D eigenvalue weighted by atomic mass is 9.78. The molecule has 0 spiro atoms. The first-order valence-electron chi connectivity index (χ1n) is 8.01. The number of nitrogens with two attached hydrogens (primary N) is 1. The Labute approximate surface area is 130 Å². The average molecular weight is 292 g/mol. The lowest BCUT2D eigenvalue weighted by Crippen LogP contribution is -2.43. The number of rotatable bonds is 9. The summed E-state index contributed by atoms with van der Waals surface area (Å²) in [7, 11) is 1.77. The second-order valence-electron chi connectivity index (χ2n) is 6.60. The third-order valence-electron chi connectivity index (χ3n) is 4.70. The van der Waals surface area contributed by atoms with Gasteiger partial charge in [0.15, 0.2) is 0 Å². The van der Waals surface area contributed by atoms with E-state index in [0.29, 0.717) is 11.8 Å². The molecule has 3 atom stereocenters. The van der Waals surface area contributed by atoms with Crippen molar-refractivity contribution in [2.24, 2.45) is 11.8 Å². The van der Waals surface area contributed by atoms with Crippen molar-refractivity contribution < 1.29 is 4.74 Å². The van der Waals surface area contributed by atoms with Gasteiger partial charge in [-0.1, -0.05) is 50.6 Å². The lowest BCUT2D eigenvalue weighted by Gasteiger charge is -2.34. The molecular weight excluding hydrogens is 260 g/mol. The van der Waals surface area contributed by atoms with Gasteiger partial charge in [-0.3, -0.25) is 11.3 Å². The highest BCUT2D eigenvalue weighted by atomic mass is 16.5. The molecule has 0 fully saturated rings. The molecule has 0 aliphatic carbocycles. The van der Waals surface area contributed by atoms with Crippen LogP contribution in [0.2, 0.25) is 0 Å². The first-order chi connectivity index (χ1) is 9.95. The summed E-state index contributed by atoms with van der Waals surface area (Å²) in [5.74, 6) is 6.89. The van der Waals surface area contributed by atoms with Crippen molar-refractivity contribution in [1.82, 2.24) is 5.43 Å². The number of hydrogen-bond donors (Lipinski definition) is 2. The summed E-state index contributed by atoms with van der Waals surface area (Å²) in [6.45, 7) is 8.81. The predicted molar refractivity (Wildman–Crippen MR) is 90.1 cm³/mol. The Bertz CT molecular complexity index is 391. The molecule has 0 aromatic heterocycles. The van der Waals surface area contributed by atoms with Crippen LogP contribution in [0.3, 0.4) is 0 Å². The maximum Gasteiger partial charge on any atom is 0.0623 e. The summed E-state index contributed by atoms with van der Waals surface area (Å²) in [5.41, 5.74) is 4.32. The van der Waals surface area contributed by atoms with Crippen LogP contribution in [0, 0.1) is 5.92 Å². The van der Waals surface area contributed by atoms with Crippen LogP contribution in [0.1, 0.15) is 58.4 Å². The van der Waals surface area contributed by atoms with Gasteiger partial charge in [0.1, 0.15) is 0 Å². The zero-order valence-electron chi connectivity index (χ0n) is 14.2. The van der Waals surface area contributed by atoms with E-state index in [4.69, 9.17) is 10.6 Å². The summed E-state index contributed by atoms with van der Waals surface area (Å²) < 4.78 is 5.54. The van der Waals surface area contributed by atoms with Crippen molar-refractivity contribution in [3.63, 3.8) is 0 Å². The second kappa shape index (κ2) is 8.52. The van der Waals surface area contributed by atoms with Crippen molar-refractivity contribution in [3.05, 3.63) is 35.9 Å². The zero-order valence-corrected chi connectivity index (χ0v) is 14.2. The van der Waals surface area contributed by atoms with Gasteiger partial charge in [0.05, 0.1) is 5.60 Å². The van der Waals surface area contributed by atoms with Crippen LogP contribution in [-0.4, -0.2) is 18.8 Å². The Morgan fingerprint density at radius 2 is 1.86 bits per heavy atom. The van der Waals surface area contributed by atoms with E-state index in [1.165, 1.54) is 5.56 Å². The molecule has 0 amide bonds. The van der Waals surface area contributed by atoms with Crippen molar-refractivity contribution in [1.29, 1.82) is 0 Å². The van der Waals surface area contributed by atoms with Gasteiger partial charge in [-0.15, -0.1) is 0 Å². The standard InChI is InChI=1S/C18H32N2O/c1-6-14(2)17(15-10-8-7-9-11-15)16(20-19)12-13-18(3,4)21-5/h7-11,14,16-17,20H,6,12-13,19H2,1-5H3. The van der Waals surface area contributed by atoms with E-state index in [2.05, 4.69) is 63.5 Å². The first-order valence-corrected chi connectivity index (χ1v) is 8.01. The highest BCUT2D eigenvalue weighted by Crippen LogP contribution is 2.33. The van der Waals surface area contributed by atoms with E-state index in [9.17, 15) is 0 Å². The van der Waals surface area contributed by atoms with Crippen LogP contribution < -0.4 is 11.3 Å². The molecule has 1 rings (SSSR count). The molecule has 3 heteroatoms. The van der Waals surface area contributed by atoms with Crippen LogP contribution >= 0.6 is 0 Å². The normalized spacial score (nSPS) is 16.5. The van der Waals surface area contributed by atoms with Crippen LogP contribution in [-0.2, 0) is 4.74 Å². The van der Waals surface area contributed by atoms with Crippen LogP contribution in [0.15, 0.2) is 30.3 Å². The first kappa shape index (κ1) is 18.1. The Morgan fingerprint density at radius 1 is 1.24 bits per heavy atom. The highest BCUT2D eigenvalue weighted by Gasteiger charge is 2.28. The molecule has 3 N–H and O–H groups in total. The fourth-order valence-corrected chi connectivity index (χ4v) is 2.86. The molecule has 1 aromatic rings. The Balaban J connectivity index is 2.89. The molecular formula is C18H32N2O. The number of benzene rings is 1. The fourth-order valence-electron chi connectivity index (χ4n) is 2.86. The summed E-state index contributed by atoms with van der Waals surface area (Å²) in [4.78, 5) is 0. The van der Waals surface area contributed by atoms with Crippen molar-refractivity contribution >= 4 is 0 Å². The number of methoxy groups -OCH3 is 1. The van der Waals surface area contributed by atoms with Crippen LogP contribution in [0.5, 0.6) is 0 Å². The van der Waals surface area contributed by atoms with Gasteiger partial charge in [-0.25, -0.2) is 0 Å². The molecule has 120 valence electrons. The molecule has 0 heterocycles. The Kier molecular flexibility index (Phi) is 7.36. The average Bonchev–Trinajstić information content (AvgIpc) is 2.51. The number of hydrogen-bond acceptors (Lipinski definition) is 3. The molecule has 0 aliphatic rings. The largest absolute Gasteiger partial charge is 0.379 e. The molecule has 0 saturated heterocycles. The zero-order chi connectivity index (χ0) is 15.9. The minimum Gasteiger partial charge on any atom is -0.379 e. The lowest BCUT2D eigenvalue weighted by molar-refractivity contribution is 0.0105. The van der Waals surface area contributed by atoms with E-state index in [1.807, 2.05) is 0 Å². The van der Waals surface area contributed by atoms with Gasteiger partial charge >= 0.3 is 0 Å². The van der Waals surface area contributed by atoms with E-state index >= 15 is 0 Å². The van der Waals surface area contributed by atoms with Crippen molar-refractivity contribution in [2.75, 3.05) is 7.11 Å². The molecule has 3 nitrogen and oxygen atoms in total. The van der Waals surface area contributed by atoms with Gasteiger partial charge in [-0.05, 0) is 38.2 Å². The molecule has 0 saturated carbocycles. The second-order valence-corrected chi connectivity index (χ2v) is 6.60. The SMILES string of the molecule is CCC(C)C(c1ccccc1)C(CCC(C)(C)OC)NN. The molecule has 21 heavy (non-hydrogen) atoms. The summed E-state index contributed by atoms with van der Waals surface area (Å²) >= 11 is 0. The molecule has 0 radical (unpaired) electrons.